The first-order chi connectivity index (χ1) is 20.0. The number of carboxylic acid groups (broad SMARTS) is 1. The molecule has 0 spiro atoms. The summed E-state index contributed by atoms with van der Waals surface area (Å²) >= 11 is 0. The van der Waals surface area contributed by atoms with Gasteiger partial charge in [-0.05, 0) is 67.6 Å². The molecule has 1 atom stereocenters. The highest BCUT2D eigenvalue weighted by Gasteiger charge is 2.37. The smallest absolute Gasteiger partial charge is 0.306 e. The summed E-state index contributed by atoms with van der Waals surface area (Å²) in [6.07, 6.45) is -0.169. The van der Waals surface area contributed by atoms with E-state index in [0.717, 1.165) is 16.4 Å². The number of anilines is 1. The Morgan fingerprint density at radius 3 is 2.40 bits per heavy atom. The van der Waals surface area contributed by atoms with E-state index in [-0.39, 0.29) is 52.8 Å². The van der Waals surface area contributed by atoms with E-state index in [9.17, 15) is 31.9 Å². The number of amides is 1. The molecule has 0 radical (unpaired) electrons. The van der Waals surface area contributed by atoms with Gasteiger partial charge in [0.15, 0.2) is 23.2 Å². The fraction of sp³-hybridized carbons (Fsp3) is 0.333. The van der Waals surface area contributed by atoms with E-state index in [4.69, 9.17) is 4.74 Å². The molecular formula is C30H29F3N2O6S. The first-order valence-corrected chi connectivity index (χ1v) is 14.9. The van der Waals surface area contributed by atoms with E-state index in [1.807, 2.05) is 0 Å². The maximum Gasteiger partial charge on any atom is 0.306 e. The summed E-state index contributed by atoms with van der Waals surface area (Å²) in [5.74, 6) is -5.31. The predicted molar refractivity (Wildman–Crippen MR) is 148 cm³/mol. The normalized spacial score (nSPS) is 17.5. The molecule has 2 aliphatic heterocycles. The highest BCUT2D eigenvalue weighted by atomic mass is 32.2. The average molecular weight is 603 g/mol. The Labute approximate surface area is 241 Å². The number of aliphatic carboxylic acids is 1. The summed E-state index contributed by atoms with van der Waals surface area (Å²) in [6.45, 7) is 2.06. The second kappa shape index (κ2) is 11.7. The van der Waals surface area contributed by atoms with Gasteiger partial charge in [-0.2, -0.15) is 0 Å². The van der Waals surface area contributed by atoms with Crippen molar-refractivity contribution in [3.8, 4) is 16.9 Å². The van der Waals surface area contributed by atoms with Crippen LogP contribution in [0, 0.1) is 30.3 Å². The minimum absolute atomic E-state index is 0.0235. The van der Waals surface area contributed by atoms with Crippen molar-refractivity contribution in [3.05, 3.63) is 77.6 Å². The lowest BCUT2D eigenvalue weighted by molar-refractivity contribution is -0.145. The first-order valence-electron chi connectivity index (χ1n) is 13.5. The van der Waals surface area contributed by atoms with Crippen molar-refractivity contribution in [2.45, 2.75) is 43.6 Å². The molecule has 3 aromatic rings. The standard InChI is InChI=1S/C30H29F3N2O6S/c1-18-4-2-5-22(14-18)42(39,40)35-17-21(8-9-27(36)34-12-10-19(11-13-34)30(37)38)41-29-25(32)15-20(16-26(29)35)23-6-3-7-24(31)28(23)33/h2-7,14-16,19,21H,8-13,17H2,1H3,(H,37,38)/t21-/m0/s1. The van der Waals surface area contributed by atoms with Crippen molar-refractivity contribution in [2.75, 3.05) is 23.9 Å². The second-order valence-electron chi connectivity index (χ2n) is 10.5. The van der Waals surface area contributed by atoms with Gasteiger partial charge in [-0.3, -0.25) is 13.9 Å². The van der Waals surface area contributed by atoms with Crippen molar-refractivity contribution >= 4 is 27.6 Å². The fourth-order valence-electron chi connectivity index (χ4n) is 5.35. The molecule has 3 aromatic carbocycles. The average Bonchev–Trinajstić information content (AvgIpc) is 2.97. The number of carboxylic acids is 1. The van der Waals surface area contributed by atoms with Crippen molar-refractivity contribution in [1.82, 2.24) is 4.90 Å². The molecular weight excluding hydrogens is 573 g/mol. The van der Waals surface area contributed by atoms with E-state index < -0.39 is 45.5 Å². The SMILES string of the molecule is Cc1cccc(S(=O)(=O)N2C[C@H](CCC(=O)N3CCC(C(=O)O)CC3)Oc3c(F)cc(-c4cccc(F)c4F)cc32)c1. The van der Waals surface area contributed by atoms with Gasteiger partial charge < -0.3 is 14.7 Å². The van der Waals surface area contributed by atoms with E-state index in [1.165, 1.54) is 30.3 Å². The van der Waals surface area contributed by atoms with Crippen LogP contribution in [0.5, 0.6) is 5.75 Å². The number of rotatable bonds is 7. The monoisotopic (exact) mass is 602 g/mol. The van der Waals surface area contributed by atoms with Gasteiger partial charge in [0.1, 0.15) is 6.10 Å². The van der Waals surface area contributed by atoms with Crippen LogP contribution in [0.3, 0.4) is 0 Å². The van der Waals surface area contributed by atoms with Crippen molar-refractivity contribution < 1.29 is 41.0 Å². The number of hydrogen-bond acceptors (Lipinski definition) is 5. The van der Waals surface area contributed by atoms with Gasteiger partial charge in [0.2, 0.25) is 5.91 Å². The molecule has 42 heavy (non-hydrogen) atoms. The molecule has 0 aliphatic carbocycles. The number of ether oxygens (including phenoxy) is 1. The van der Waals surface area contributed by atoms with E-state index in [0.29, 0.717) is 31.5 Å². The van der Waals surface area contributed by atoms with Crippen LogP contribution in [0.2, 0.25) is 0 Å². The largest absolute Gasteiger partial charge is 0.483 e. The number of nitrogens with zero attached hydrogens (tertiary/aromatic N) is 2. The maximum absolute atomic E-state index is 15.6. The Hall–Kier alpha value is -4.06. The minimum Gasteiger partial charge on any atom is -0.483 e. The predicted octanol–water partition coefficient (Wildman–Crippen LogP) is 5.14. The number of sulfonamides is 1. The lowest BCUT2D eigenvalue weighted by atomic mass is 9.96. The Kier molecular flexibility index (Phi) is 8.18. The van der Waals surface area contributed by atoms with Gasteiger partial charge in [0, 0.05) is 25.1 Å². The Morgan fingerprint density at radius 2 is 1.71 bits per heavy atom. The van der Waals surface area contributed by atoms with E-state index in [1.54, 1.807) is 24.0 Å². The molecule has 0 unspecified atom stereocenters. The molecule has 12 heteroatoms. The van der Waals surface area contributed by atoms with Crippen molar-refractivity contribution in [3.63, 3.8) is 0 Å². The first kappa shape index (κ1) is 29.4. The molecule has 222 valence electrons. The zero-order chi connectivity index (χ0) is 30.2. The van der Waals surface area contributed by atoms with Crippen LogP contribution in [0.1, 0.15) is 31.2 Å². The Bertz CT molecular complexity index is 1640. The Morgan fingerprint density at radius 1 is 1.00 bits per heavy atom. The van der Waals surface area contributed by atoms with Gasteiger partial charge in [-0.15, -0.1) is 0 Å². The highest BCUT2D eigenvalue weighted by Crippen LogP contribution is 2.43. The lowest BCUT2D eigenvalue weighted by Crippen LogP contribution is -2.45. The minimum atomic E-state index is -4.27. The summed E-state index contributed by atoms with van der Waals surface area (Å²) in [7, 11) is -4.27. The number of piperidine rings is 1. The number of fused-ring (bicyclic) bond motifs is 1. The van der Waals surface area contributed by atoms with Gasteiger partial charge >= 0.3 is 5.97 Å². The van der Waals surface area contributed by atoms with Gasteiger partial charge in [0.25, 0.3) is 10.0 Å². The number of carbonyl (C=O) groups is 2. The van der Waals surface area contributed by atoms with Crippen LogP contribution in [-0.4, -0.2) is 56.0 Å². The summed E-state index contributed by atoms with van der Waals surface area (Å²) in [5, 5.41) is 9.20. The fourth-order valence-corrected chi connectivity index (χ4v) is 6.95. The molecule has 1 amide bonds. The quantitative estimate of drug-likeness (QED) is 0.402. The summed E-state index contributed by atoms with van der Waals surface area (Å²) in [5.41, 5.74) is 0.187. The maximum atomic E-state index is 15.6. The zero-order valence-electron chi connectivity index (χ0n) is 22.7. The van der Waals surface area contributed by atoms with Crippen molar-refractivity contribution in [2.24, 2.45) is 5.92 Å². The topological polar surface area (TPSA) is 104 Å². The molecule has 1 N–H and O–H groups in total. The number of carbonyl (C=O) groups excluding carboxylic acids is 1. The summed E-state index contributed by atoms with van der Waals surface area (Å²) in [6, 6.07) is 11.8. The Balaban J connectivity index is 1.46. The zero-order valence-corrected chi connectivity index (χ0v) is 23.5. The summed E-state index contributed by atoms with van der Waals surface area (Å²) in [4.78, 5) is 25.6. The molecule has 1 fully saturated rings. The molecule has 8 nitrogen and oxygen atoms in total. The summed E-state index contributed by atoms with van der Waals surface area (Å²) < 4.78 is 78.8. The number of hydrogen-bond donors (Lipinski definition) is 1. The number of likely N-dealkylation sites (tertiary alicyclic amines) is 1. The van der Waals surface area contributed by atoms with E-state index >= 15 is 4.39 Å². The number of benzene rings is 3. The van der Waals surface area contributed by atoms with Crippen LogP contribution in [0.4, 0.5) is 18.9 Å². The molecule has 5 rings (SSSR count). The number of halogens is 3. The van der Waals surface area contributed by atoms with Crippen LogP contribution in [-0.2, 0) is 19.6 Å². The van der Waals surface area contributed by atoms with E-state index in [2.05, 4.69) is 0 Å². The third-order valence-electron chi connectivity index (χ3n) is 7.66. The molecule has 0 aromatic heterocycles. The van der Waals surface area contributed by atoms with Gasteiger partial charge in [-0.1, -0.05) is 24.3 Å². The molecule has 0 saturated carbocycles. The molecule has 0 bridgehead atoms. The van der Waals surface area contributed by atoms with Crippen LogP contribution >= 0.6 is 0 Å². The second-order valence-corrected chi connectivity index (χ2v) is 12.4. The third kappa shape index (κ3) is 5.80. The van der Waals surface area contributed by atoms with Crippen LogP contribution in [0.15, 0.2) is 59.5 Å². The number of aryl methyl sites for hydroxylation is 1. The van der Waals surface area contributed by atoms with Crippen molar-refractivity contribution in [1.29, 1.82) is 0 Å². The van der Waals surface area contributed by atoms with Crippen LogP contribution in [0.25, 0.3) is 11.1 Å². The highest BCUT2D eigenvalue weighted by molar-refractivity contribution is 7.92. The molecule has 1 saturated heterocycles. The van der Waals surface area contributed by atoms with Gasteiger partial charge in [0.05, 0.1) is 23.0 Å². The molecule has 2 aliphatic rings. The molecule has 2 heterocycles. The van der Waals surface area contributed by atoms with Crippen LogP contribution < -0.4 is 9.04 Å². The third-order valence-corrected chi connectivity index (χ3v) is 9.44. The lowest BCUT2D eigenvalue weighted by Gasteiger charge is -2.36. The van der Waals surface area contributed by atoms with Gasteiger partial charge in [-0.25, -0.2) is 21.6 Å².